The second kappa shape index (κ2) is 10.1. The standard InChI is InChI=1S/C17H30BN/c1-3-5-7-9-11-15(10-8-6-4-2)17-13-12-16(18)14-19-17/h12-15H,3-11,18H2,1-2H3. The predicted molar refractivity (Wildman–Crippen MR) is 88.1 cm³/mol. The number of pyridine rings is 1. The van der Waals surface area contributed by atoms with E-state index in [2.05, 4.69) is 38.8 Å². The van der Waals surface area contributed by atoms with Gasteiger partial charge in [-0.1, -0.05) is 70.3 Å². The van der Waals surface area contributed by atoms with E-state index >= 15 is 0 Å². The molecule has 1 atom stereocenters. The monoisotopic (exact) mass is 259 g/mol. The van der Waals surface area contributed by atoms with Crippen molar-refractivity contribution in [2.45, 2.75) is 77.6 Å². The molecule has 19 heavy (non-hydrogen) atoms. The molecule has 1 aromatic rings. The van der Waals surface area contributed by atoms with E-state index in [4.69, 9.17) is 0 Å². The van der Waals surface area contributed by atoms with Gasteiger partial charge in [0.15, 0.2) is 0 Å². The Morgan fingerprint density at radius 2 is 1.58 bits per heavy atom. The third-order valence-corrected chi connectivity index (χ3v) is 3.91. The van der Waals surface area contributed by atoms with Crippen LogP contribution in [0.5, 0.6) is 0 Å². The van der Waals surface area contributed by atoms with Crippen LogP contribution in [-0.4, -0.2) is 12.8 Å². The number of nitrogens with zero attached hydrogens (tertiary/aromatic N) is 1. The fourth-order valence-corrected chi connectivity index (χ4v) is 2.62. The SMILES string of the molecule is Bc1ccc(C(CCCCC)CCCCCC)nc1. The first-order valence-corrected chi connectivity index (χ1v) is 8.20. The molecule has 2 heteroatoms. The molecule has 1 unspecified atom stereocenters. The second-order valence-electron chi connectivity index (χ2n) is 5.80. The highest BCUT2D eigenvalue weighted by Crippen LogP contribution is 2.26. The van der Waals surface area contributed by atoms with Gasteiger partial charge < -0.3 is 0 Å². The molecule has 1 heterocycles. The highest BCUT2D eigenvalue weighted by Gasteiger charge is 2.12. The summed E-state index contributed by atoms with van der Waals surface area (Å²) in [4.78, 5) is 4.66. The van der Waals surface area contributed by atoms with Crippen LogP contribution in [0.15, 0.2) is 18.3 Å². The fraction of sp³-hybridized carbons (Fsp3) is 0.706. The van der Waals surface area contributed by atoms with Crippen molar-refractivity contribution < 1.29 is 0 Å². The maximum Gasteiger partial charge on any atom is 0.141 e. The molecule has 0 aliphatic heterocycles. The van der Waals surface area contributed by atoms with Crippen molar-refractivity contribution in [1.82, 2.24) is 4.98 Å². The first-order chi connectivity index (χ1) is 9.27. The molecule has 0 fully saturated rings. The predicted octanol–water partition coefficient (Wildman–Crippen LogP) is 3.97. The van der Waals surface area contributed by atoms with Crippen molar-refractivity contribution in [2.75, 3.05) is 0 Å². The van der Waals surface area contributed by atoms with Crippen LogP contribution in [0.3, 0.4) is 0 Å². The van der Waals surface area contributed by atoms with E-state index in [0.29, 0.717) is 5.92 Å². The van der Waals surface area contributed by atoms with Gasteiger partial charge in [-0.25, -0.2) is 0 Å². The van der Waals surface area contributed by atoms with Gasteiger partial charge in [-0.3, -0.25) is 4.98 Å². The van der Waals surface area contributed by atoms with Crippen LogP contribution in [0.25, 0.3) is 0 Å². The summed E-state index contributed by atoms with van der Waals surface area (Å²) >= 11 is 0. The Kier molecular flexibility index (Phi) is 8.61. The Balaban J connectivity index is 2.49. The molecule has 0 radical (unpaired) electrons. The third kappa shape index (κ3) is 6.80. The summed E-state index contributed by atoms with van der Waals surface area (Å²) in [6, 6.07) is 4.45. The molecule has 0 aliphatic carbocycles. The summed E-state index contributed by atoms with van der Waals surface area (Å²) < 4.78 is 0. The minimum atomic E-state index is 0.684. The highest BCUT2D eigenvalue weighted by molar-refractivity contribution is 6.32. The van der Waals surface area contributed by atoms with Gasteiger partial charge in [0.2, 0.25) is 0 Å². The van der Waals surface area contributed by atoms with Gasteiger partial charge in [0.05, 0.1) is 0 Å². The van der Waals surface area contributed by atoms with Gasteiger partial charge in [0.25, 0.3) is 0 Å². The molecule has 0 aromatic carbocycles. The average molecular weight is 259 g/mol. The molecule has 0 amide bonds. The fourth-order valence-electron chi connectivity index (χ4n) is 2.62. The van der Waals surface area contributed by atoms with Gasteiger partial charge in [-0.15, -0.1) is 0 Å². The van der Waals surface area contributed by atoms with Crippen LogP contribution in [0.2, 0.25) is 0 Å². The Morgan fingerprint density at radius 3 is 2.16 bits per heavy atom. The molecule has 0 N–H and O–H groups in total. The van der Waals surface area contributed by atoms with E-state index in [1.807, 2.05) is 6.20 Å². The molecule has 1 aromatic heterocycles. The first kappa shape index (κ1) is 16.3. The lowest BCUT2D eigenvalue weighted by Crippen LogP contribution is -2.08. The van der Waals surface area contributed by atoms with E-state index in [-0.39, 0.29) is 0 Å². The normalized spacial score (nSPS) is 12.5. The maximum atomic E-state index is 4.66. The van der Waals surface area contributed by atoms with Crippen molar-refractivity contribution in [1.29, 1.82) is 0 Å². The summed E-state index contributed by atoms with van der Waals surface area (Å²) in [6.07, 6.45) is 14.1. The van der Waals surface area contributed by atoms with E-state index in [9.17, 15) is 0 Å². The number of unbranched alkanes of at least 4 members (excludes halogenated alkanes) is 5. The van der Waals surface area contributed by atoms with Crippen LogP contribution >= 0.6 is 0 Å². The number of hydrogen-bond donors (Lipinski definition) is 0. The summed E-state index contributed by atoms with van der Waals surface area (Å²) in [7, 11) is 2.12. The molecule has 0 saturated heterocycles. The van der Waals surface area contributed by atoms with Gasteiger partial charge in [0.1, 0.15) is 7.85 Å². The Morgan fingerprint density at radius 1 is 0.947 bits per heavy atom. The minimum Gasteiger partial charge on any atom is -0.262 e. The molecule has 1 nitrogen and oxygen atoms in total. The van der Waals surface area contributed by atoms with Gasteiger partial charge in [0, 0.05) is 17.8 Å². The highest BCUT2D eigenvalue weighted by atomic mass is 14.7. The molecule has 0 saturated carbocycles. The van der Waals surface area contributed by atoms with Crippen LogP contribution in [0.1, 0.15) is 83.2 Å². The van der Waals surface area contributed by atoms with Crippen molar-refractivity contribution in [3.05, 3.63) is 24.0 Å². The lowest BCUT2D eigenvalue weighted by atomic mass is 9.90. The quantitative estimate of drug-likeness (QED) is 0.457. The lowest BCUT2D eigenvalue weighted by molar-refractivity contribution is 0.493. The molecule has 1 rings (SSSR count). The van der Waals surface area contributed by atoms with Crippen LogP contribution in [-0.2, 0) is 0 Å². The zero-order valence-corrected chi connectivity index (χ0v) is 13.1. The van der Waals surface area contributed by atoms with Crippen molar-refractivity contribution in [3.8, 4) is 0 Å². The topological polar surface area (TPSA) is 12.9 Å². The molecule has 0 aliphatic rings. The lowest BCUT2D eigenvalue weighted by Gasteiger charge is -2.16. The zero-order chi connectivity index (χ0) is 13.9. The van der Waals surface area contributed by atoms with Crippen LogP contribution in [0.4, 0.5) is 0 Å². The van der Waals surface area contributed by atoms with Crippen molar-refractivity contribution in [2.24, 2.45) is 0 Å². The average Bonchev–Trinajstić information content (AvgIpc) is 2.43. The molecule has 0 spiro atoms. The van der Waals surface area contributed by atoms with E-state index in [1.165, 1.54) is 68.9 Å². The Labute approximate surface area is 120 Å². The molecule has 106 valence electrons. The minimum absolute atomic E-state index is 0.684. The summed E-state index contributed by atoms with van der Waals surface area (Å²) in [5.41, 5.74) is 2.58. The summed E-state index contributed by atoms with van der Waals surface area (Å²) in [6.45, 7) is 4.56. The first-order valence-electron chi connectivity index (χ1n) is 8.20. The zero-order valence-electron chi connectivity index (χ0n) is 13.1. The molecular weight excluding hydrogens is 229 g/mol. The van der Waals surface area contributed by atoms with E-state index in [1.54, 1.807) is 0 Å². The number of hydrogen-bond acceptors (Lipinski definition) is 1. The Hall–Kier alpha value is -0.785. The van der Waals surface area contributed by atoms with Crippen molar-refractivity contribution in [3.63, 3.8) is 0 Å². The van der Waals surface area contributed by atoms with Crippen LogP contribution < -0.4 is 5.46 Å². The third-order valence-electron chi connectivity index (χ3n) is 3.91. The number of rotatable bonds is 10. The maximum absolute atomic E-state index is 4.66. The largest absolute Gasteiger partial charge is 0.262 e. The van der Waals surface area contributed by atoms with Crippen LogP contribution in [0, 0.1) is 0 Å². The van der Waals surface area contributed by atoms with Gasteiger partial charge >= 0.3 is 0 Å². The smallest absolute Gasteiger partial charge is 0.141 e. The van der Waals surface area contributed by atoms with E-state index in [0.717, 1.165) is 0 Å². The van der Waals surface area contributed by atoms with Crippen molar-refractivity contribution >= 4 is 13.3 Å². The van der Waals surface area contributed by atoms with E-state index < -0.39 is 0 Å². The Bertz CT molecular complexity index is 321. The second-order valence-corrected chi connectivity index (χ2v) is 5.80. The molecular formula is C17H30BN. The molecule has 0 bridgehead atoms. The van der Waals surface area contributed by atoms with Gasteiger partial charge in [-0.05, 0) is 18.9 Å². The number of aromatic nitrogens is 1. The summed E-state index contributed by atoms with van der Waals surface area (Å²) in [5, 5.41) is 0. The summed E-state index contributed by atoms with van der Waals surface area (Å²) in [5.74, 6) is 0.684. The van der Waals surface area contributed by atoms with Gasteiger partial charge in [-0.2, -0.15) is 0 Å².